The third kappa shape index (κ3) is 2.72. The van der Waals surface area contributed by atoms with E-state index in [0.29, 0.717) is 17.7 Å². The molecule has 1 aromatic rings. The number of rotatable bonds is 4. The molecule has 1 atom stereocenters. The zero-order chi connectivity index (χ0) is 17.3. The molecule has 0 radical (unpaired) electrons. The predicted molar refractivity (Wildman–Crippen MR) is 90.7 cm³/mol. The number of hydrogen-bond acceptors (Lipinski definition) is 3. The maximum absolute atomic E-state index is 13.0. The second-order valence-electron chi connectivity index (χ2n) is 6.62. The van der Waals surface area contributed by atoms with Gasteiger partial charge in [-0.25, -0.2) is 0 Å². The molecule has 2 aliphatic rings. The summed E-state index contributed by atoms with van der Waals surface area (Å²) in [7, 11) is 0. The maximum atomic E-state index is 13.0. The van der Waals surface area contributed by atoms with Gasteiger partial charge in [0.25, 0.3) is 11.8 Å². The van der Waals surface area contributed by atoms with Gasteiger partial charge in [-0.05, 0) is 38.8 Å². The molecule has 0 bridgehead atoms. The van der Waals surface area contributed by atoms with Gasteiger partial charge in [-0.15, -0.1) is 0 Å². The van der Waals surface area contributed by atoms with Gasteiger partial charge in [0.1, 0.15) is 6.04 Å². The van der Waals surface area contributed by atoms with Crippen LogP contribution in [0.15, 0.2) is 24.3 Å². The minimum atomic E-state index is -0.765. The van der Waals surface area contributed by atoms with Gasteiger partial charge >= 0.3 is 0 Å². The first-order valence-electron chi connectivity index (χ1n) is 8.83. The van der Waals surface area contributed by atoms with Crippen LogP contribution in [0.1, 0.15) is 66.7 Å². The van der Waals surface area contributed by atoms with E-state index in [1.807, 2.05) is 11.8 Å². The number of hydrogen-bond donors (Lipinski definition) is 0. The van der Waals surface area contributed by atoms with Gasteiger partial charge in [0, 0.05) is 12.6 Å². The summed E-state index contributed by atoms with van der Waals surface area (Å²) < 4.78 is 0. The molecule has 3 rings (SSSR count). The first kappa shape index (κ1) is 16.7. The van der Waals surface area contributed by atoms with Crippen molar-refractivity contribution in [3.8, 4) is 0 Å². The van der Waals surface area contributed by atoms with Crippen molar-refractivity contribution in [2.24, 2.45) is 0 Å². The summed E-state index contributed by atoms with van der Waals surface area (Å²) in [5.41, 5.74) is 0.783. The van der Waals surface area contributed by atoms with E-state index in [0.717, 1.165) is 30.6 Å². The minimum Gasteiger partial charge on any atom is -0.338 e. The van der Waals surface area contributed by atoms with Gasteiger partial charge < -0.3 is 4.90 Å². The normalized spacial score (nSPS) is 19.3. The summed E-state index contributed by atoms with van der Waals surface area (Å²) in [6.45, 7) is 4.23. The van der Waals surface area contributed by atoms with E-state index in [2.05, 4.69) is 0 Å². The molecule has 0 N–H and O–H groups in total. The molecule has 1 saturated carbocycles. The highest BCUT2D eigenvalue weighted by Gasteiger charge is 2.42. The number of imide groups is 1. The van der Waals surface area contributed by atoms with E-state index in [1.54, 1.807) is 31.2 Å². The predicted octanol–water partition coefficient (Wildman–Crippen LogP) is 2.85. The molecule has 1 aliphatic heterocycles. The molecule has 5 heteroatoms. The molecule has 24 heavy (non-hydrogen) atoms. The number of carbonyl (C=O) groups excluding carboxylic acids is 3. The van der Waals surface area contributed by atoms with Crippen LogP contribution in [0.2, 0.25) is 0 Å². The summed E-state index contributed by atoms with van der Waals surface area (Å²) in [5, 5.41) is 0. The summed E-state index contributed by atoms with van der Waals surface area (Å²) in [5.74, 6) is -0.855. The highest BCUT2D eigenvalue weighted by Crippen LogP contribution is 2.27. The van der Waals surface area contributed by atoms with Gasteiger partial charge in [-0.1, -0.05) is 31.4 Å². The van der Waals surface area contributed by atoms with E-state index in [1.165, 1.54) is 6.42 Å². The monoisotopic (exact) mass is 328 g/mol. The molecule has 128 valence electrons. The van der Waals surface area contributed by atoms with Crippen LogP contribution < -0.4 is 0 Å². The number of nitrogens with zero attached hydrogens (tertiary/aromatic N) is 2. The standard InChI is InChI=1S/C19H24N2O3/c1-3-20(14-9-5-4-6-10-14)17(22)13(2)21-18(23)15-11-7-8-12-16(15)19(21)24/h7-8,11-14H,3-6,9-10H2,1-2H3. The molecule has 0 saturated heterocycles. The van der Waals surface area contributed by atoms with E-state index in [9.17, 15) is 14.4 Å². The average Bonchev–Trinajstić information content (AvgIpc) is 2.87. The highest BCUT2D eigenvalue weighted by molar-refractivity contribution is 6.22. The van der Waals surface area contributed by atoms with Crippen LogP contribution in [0.3, 0.4) is 0 Å². The van der Waals surface area contributed by atoms with Crippen molar-refractivity contribution in [3.63, 3.8) is 0 Å². The smallest absolute Gasteiger partial charge is 0.262 e. The Morgan fingerprint density at radius 2 is 1.67 bits per heavy atom. The van der Waals surface area contributed by atoms with E-state index >= 15 is 0 Å². The fourth-order valence-electron chi connectivity index (χ4n) is 3.90. The molecule has 1 aromatic carbocycles. The van der Waals surface area contributed by atoms with Gasteiger partial charge in [-0.3, -0.25) is 19.3 Å². The van der Waals surface area contributed by atoms with Crippen LogP contribution in [-0.4, -0.2) is 46.1 Å². The SMILES string of the molecule is CCN(C(=O)C(C)N1C(=O)c2ccccc2C1=O)C1CCCCC1. The summed E-state index contributed by atoms with van der Waals surface area (Å²) in [6.07, 6.45) is 5.50. The van der Waals surface area contributed by atoms with Crippen molar-refractivity contribution < 1.29 is 14.4 Å². The lowest BCUT2D eigenvalue weighted by Gasteiger charge is -2.36. The van der Waals surface area contributed by atoms with Gasteiger partial charge in [0.15, 0.2) is 0 Å². The molecule has 1 fully saturated rings. The first-order chi connectivity index (χ1) is 11.6. The van der Waals surface area contributed by atoms with Crippen LogP contribution in [0.4, 0.5) is 0 Å². The van der Waals surface area contributed by atoms with E-state index in [4.69, 9.17) is 0 Å². The van der Waals surface area contributed by atoms with Gasteiger partial charge in [0.05, 0.1) is 11.1 Å². The molecule has 0 aromatic heterocycles. The van der Waals surface area contributed by atoms with Crippen molar-refractivity contribution in [2.45, 2.75) is 58.0 Å². The summed E-state index contributed by atoms with van der Waals surface area (Å²) >= 11 is 0. The molecular weight excluding hydrogens is 304 g/mol. The number of carbonyl (C=O) groups is 3. The maximum Gasteiger partial charge on any atom is 0.262 e. The first-order valence-corrected chi connectivity index (χ1v) is 8.83. The lowest BCUT2D eigenvalue weighted by molar-refractivity contribution is -0.137. The van der Waals surface area contributed by atoms with E-state index < -0.39 is 6.04 Å². The van der Waals surface area contributed by atoms with Gasteiger partial charge in [-0.2, -0.15) is 0 Å². The molecule has 1 unspecified atom stereocenters. The van der Waals surface area contributed by atoms with Gasteiger partial charge in [0.2, 0.25) is 5.91 Å². The third-order valence-electron chi connectivity index (χ3n) is 5.21. The van der Waals surface area contributed by atoms with Crippen LogP contribution in [0.5, 0.6) is 0 Å². The quantitative estimate of drug-likeness (QED) is 0.799. The highest BCUT2D eigenvalue weighted by atomic mass is 16.2. The number of amides is 3. The Morgan fingerprint density at radius 3 is 2.17 bits per heavy atom. The van der Waals surface area contributed by atoms with E-state index in [-0.39, 0.29) is 23.8 Å². The Bertz CT molecular complexity index is 629. The Kier molecular flexibility index (Phi) is 4.69. The third-order valence-corrected chi connectivity index (χ3v) is 5.21. The molecule has 5 nitrogen and oxygen atoms in total. The Hall–Kier alpha value is -2.17. The Balaban J connectivity index is 1.80. The largest absolute Gasteiger partial charge is 0.338 e. The Labute approximate surface area is 142 Å². The number of likely N-dealkylation sites (N-methyl/N-ethyl adjacent to an activating group) is 1. The number of benzene rings is 1. The molecule has 0 spiro atoms. The van der Waals surface area contributed by atoms with Crippen LogP contribution >= 0.6 is 0 Å². The average molecular weight is 328 g/mol. The molecule has 1 heterocycles. The van der Waals surface area contributed by atoms with Crippen molar-refractivity contribution in [1.82, 2.24) is 9.80 Å². The van der Waals surface area contributed by atoms with Crippen molar-refractivity contribution in [1.29, 1.82) is 0 Å². The zero-order valence-corrected chi connectivity index (χ0v) is 14.3. The minimum absolute atomic E-state index is 0.126. The lowest BCUT2D eigenvalue weighted by atomic mass is 9.93. The fourth-order valence-corrected chi connectivity index (χ4v) is 3.90. The molecule has 3 amide bonds. The molecular formula is C19H24N2O3. The summed E-state index contributed by atoms with van der Waals surface area (Å²) in [6, 6.07) is 6.23. The van der Waals surface area contributed by atoms with Crippen molar-refractivity contribution in [2.75, 3.05) is 6.54 Å². The zero-order valence-electron chi connectivity index (χ0n) is 14.3. The van der Waals surface area contributed by atoms with Crippen LogP contribution in [0, 0.1) is 0 Å². The second-order valence-corrected chi connectivity index (χ2v) is 6.62. The van der Waals surface area contributed by atoms with Crippen LogP contribution in [-0.2, 0) is 4.79 Å². The second kappa shape index (κ2) is 6.75. The molecule has 1 aliphatic carbocycles. The fraction of sp³-hybridized carbons (Fsp3) is 0.526. The number of fused-ring (bicyclic) bond motifs is 1. The van der Waals surface area contributed by atoms with Crippen molar-refractivity contribution >= 4 is 17.7 Å². The Morgan fingerprint density at radius 1 is 1.12 bits per heavy atom. The van der Waals surface area contributed by atoms with Crippen molar-refractivity contribution in [3.05, 3.63) is 35.4 Å². The van der Waals surface area contributed by atoms with Crippen LogP contribution in [0.25, 0.3) is 0 Å². The topological polar surface area (TPSA) is 57.7 Å². The summed E-state index contributed by atoms with van der Waals surface area (Å²) in [4.78, 5) is 41.1. The lowest BCUT2D eigenvalue weighted by Crippen LogP contribution is -2.52.